The van der Waals surface area contributed by atoms with Gasteiger partial charge in [0.25, 0.3) is 0 Å². The van der Waals surface area contributed by atoms with Crippen LogP contribution in [-0.2, 0) is 4.84 Å². The van der Waals surface area contributed by atoms with Crippen molar-refractivity contribution in [3.05, 3.63) is 35.9 Å². The average Bonchev–Trinajstić information content (AvgIpc) is 2.34. The summed E-state index contributed by atoms with van der Waals surface area (Å²) in [6.07, 6.45) is 0.787. The van der Waals surface area contributed by atoms with Crippen LogP contribution >= 0.6 is 0 Å². The molecule has 4 nitrogen and oxygen atoms in total. The van der Waals surface area contributed by atoms with Crippen molar-refractivity contribution in [3.8, 4) is 0 Å². The van der Waals surface area contributed by atoms with Crippen molar-refractivity contribution in [2.75, 3.05) is 20.6 Å². The Hall–Kier alpha value is -1.68. The molecule has 0 heterocycles. The minimum atomic E-state index is -0.421. The molecule has 0 aliphatic heterocycles. The van der Waals surface area contributed by atoms with E-state index in [2.05, 4.69) is 10.1 Å². The number of oxime groups is 1. The Morgan fingerprint density at radius 3 is 2.53 bits per heavy atom. The van der Waals surface area contributed by atoms with E-state index in [-0.39, 0.29) is 0 Å². The van der Waals surface area contributed by atoms with E-state index in [1.807, 2.05) is 27.1 Å². The summed E-state index contributed by atoms with van der Waals surface area (Å²) in [6.45, 7) is 2.74. The third kappa shape index (κ3) is 5.26. The van der Waals surface area contributed by atoms with Gasteiger partial charge in [-0.15, -0.1) is 0 Å². The summed E-state index contributed by atoms with van der Waals surface area (Å²) in [5, 5.41) is 3.81. The Morgan fingerprint density at radius 2 is 1.94 bits per heavy atom. The molecule has 0 bridgehead atoms. The van der Waals surface area contributed by atoms with Crippen LogP contribution in [0.4, 0.5) is 0 Å². The van der Waals surface area contributed by atoms with E-state index in [4.69, 9.17) is 4.84 Å². The zero-order chi connectivity index (χ0) is 12.7. The second-order valence-corrected chi connectivity index (χ2v) is 4.12. The third-order valence-corrected chi connectivity index (χ3v) is 2.21. The van der Waals surface area contributed by atoms with Crippen LogP contribution in [0, 0.1) is 0 Å². The van der Waals surface area contributed by atoms with Crippen molar-refractivity contribution in [2.45, 2.75) is 13.3 Å². The van der Waals surface area contributed by atoms with E-state index >= 15 is 0 Å². The number of benzene rings is 1. The van der Waals surface area contributed by atoms with Gasteiger partial charge in [0.15, 0.2) is 0 Å². The fraction of sp³-hybridized carbons (Fsp3) is 0.385. The molecule has 4 heteroatoms. The van der Waals surface area contributed by atoms with Gasteiger partial charge in [-0.05, 0) is 33.2 Å². The van der Waals surface area contributed by atoms with Gasteiger partial charge in [0.05, 0.1) is 11.3 Å². The van der Waals surface area contributed by atoms with E-state index in [9.17, 15) is 4.79 Å². The molecule has 0 aliphatic rings. The quantitative estimate of drug-likeness (QED) is 0.445. The molecule has 92 valence electrons. The molecule has 0 fully saturated rings. The van der Waals surface area contributed by atoms with Gasteiger partial charge in [-0.3, -0.25) is 0 Å². The van der Waals surface area contributed by atoms with Crippen LogP contribution in [0.5, 0.6) is 0 Å². The number of hydrogen-bond acceptors (Lipinski definition) is 4. The maximum atomic E-state index is 11.5. The summed E-state index contributed by atoms with van der Waals surface area (Å²) >= 11 is 0. The number of carbonyl (C=O) groups is 1. The topological polar surface area (TPSA) is 41.9 Å². The first-order valence-electron chi connectivity index (χ1n) is 5.54. The van der Waals surface area contributed by atoms with Crippen molar-refractivity contribution >= 4 is 11.7 Å². The molecule has 0 aliphatic carbocycles. The van der Waals surface area contributed by atoms with Gasteiger partial charge in [-0.2, -0.15) is 0 Å². The Kier molecular flexibility index (Phi) is 5.36. The van der Waals surface area contributed by atoms with Gasteiger partial charge >= 0.3 is 5.97 Å². The highest BCUT2D eigenvalue weighted by molar-refractivity contribution is 5.90. The van der Waals surface area contributed by atoms with Crippen LogP contribution in [-0.4, -0.2) is 37.2 Å². The molecule has 0 N–H and O–H groups in total. The number of nitrogens with zero attached hydrogens (tertiary/aromatic N) is 2. The van der Waals surface area contributed by atoms with Gasteiger partial charge in [-0.1, -0.05) is 23.4 Å². The Morgan fingerprint density at radius 1 is 1.29 bits per heavy atom. The molecule has 1 aromatic carbocycles. The lowest BCUT2D eigenvalue weighted by atomic mass is 10.2. The van der Waals surface area contributed by atoms with Gasteiger partial charge in [0.1, 0.15) is 0 Å². The molecule has 0 saturated heterocycles. The fourth-order valence-corrected chi connectivity index (χ4v) is 1.18. The number of carbonyl (C=O) groups excluding carboxylic acids is 1. The highest BCUT2D eigenvalue weighted by atomic mass is 16.7. The molecule has 0 atom stereocenters. The maximum absolute atomic E-state index is 11.5. The average molecular weight is 234 g/mol. The van der Waals surface area contributed by atoms with Gasteiger partial charge in [-0.25, -0.2) is 4.79 Å². The molecular formula is C13H18N2O2. The van der Waals surface area contributed by atoms with Crippen LogP contribution in [0.2, 0.25) is 0 Å². The summed E-state index contributed by atoms with van der Waals surface area (Å²) in [7, 11) is 3.98. The van der Waals surface area contributed by atoms with E-state index in [1.54, 1.807) is 24.3 Å². The lowest BCUT2D eigenvalue weighted by molar-refractivity contribution is 0.0515. The lowest BCUT2D eigenvalue weighted by Crippen LogP contribution is -2.15. The fourth-order valence-electron chi connectivity index (χ4n) is 1.18. The smallest absolute Gasteiger partial charge is 0.313 e. The lowest BCUT2D eigenvalue weighted by Gasteiger charge is -2.07. The van der Waals surface area contributed by atoms with Crippen LogP contribution in [0.1, 0.15) is 23.7 Å². The molecule has 1 aromatic rings. The van der Waals surface area contributed by atoms with Gasteiger partial charge in [0.2, 0.25) is 0 Å². The molecule has 0 saturated carbocycles. The minimum absolute atomic E-state index is 0.421. The molecule has 0 aromatic heterocycles. The molecule has 0 radical (unpaired) electrons. The highest BCUT2D eigenvalue weighted by Gasteiger charge is 2.05. The number of hydrogen-bond donors (Lipinski definition) is 0. The zero-order valence-electron chi connectivity index (χ0n) is 10.5. The minimum Gasteiger partial charge on any atom is -0.313 e. The molecule has 0 unspecified atom stereocenters. The summed E-state index contributed by atoms with van der Waals surface area (Å²) in [4.78, 5) is 18.5. The summed E-state index contributed by atoms with van der Waals surface area (Å²) in [5.74, 6) is -0.421. The molecular weight excluding hydrogens is 216 g/mol. The second kappa shape index (κ2) is 6.81. The van der Waals surface area contributed by atoms with Crippen LogP contribution in [0.3, 0.4) is 0 Å². The molecule has 17 heavy (non-hydrogen) atoms. The maximum Gasteiger partial charge on any atom is 0.365 e. The van der Waals surface area contributed by atoms with Crippen molar-refractivity contribution in [1.29, 1.82) is 0 Å². The van der Waals surface area contributed by atoms with Gasteiger partial charge < -0.3 is 9.74 Å². The SMILES string of the molecule is C/C(CCN(C)C)=N/OC(=O)c1ccccc1. The van der Waals surface area contributed by atoms with Crippen LogP contribution < -0.4 is 0 Å². The predicted molar refractivity (Wildman–Crippen MR) is 68.1 cm³/mol. The summed E-state index contributed by atoms with van der Waals surface area (Å²) in [5.41, 5.74) is 1.32. The first-order chi connectivity index (χ1) is 8.09. The first-order valence-corrected chi connectivity index (χ1v) is 5.54. The van der Waals surface area contributed by atoms with Crippen molar-refractivity contribution < 1.29 is 9.63 Å². The van der Waals surface area contributed by atoms with E-state index in [1.165, 1.54) is 0 Å². The van der Waals surface area contributed by atoms with Crippen molar-refractivity contribution in [3.63, 3.8) is 0 Å². The Bertz CT molecular complexity index is 386. The number of rotatable bonds is 5. The van der Waals surface area contributed by atoms with E-state index in [0.717, 1.165) is 18.7 Å². The first kappa shape index (κ1) is 13.4. The van der Waals surface area contributed by atoms with Crippen molar-refractivity contribution in [2.24, 2.45) is 5.16 Å². The van der Waals surface area contributed by atoms with Crippen LogP contribution in [0.25, 0.3) is 0 Å². The monoisotopic (exact) mass is 234 g/mol. The van der Waals surface area contributed by atoms with Gasteiger partial charge in [0, 0.05) is 13.0 Å². The third-order valence-electron chi connectivity index (χ3n) is 2.21. The Labute approximate surface area is 102 Å². The summed E-state index contributed by atoms with van der Waals surface area (Å²) < 4.78 is 0. The van der Waals surface area contributed by atoms with E-state index in [0.29, 0.717) is 5.56 Å². The highest BCUT2D eigenvalue weighted by Crippen LogP contribution is 2.01. The summed E-state index contributed by atoms with van der Waals surface area (Å²) in [6, 6.07) is 8.83. The largest absolute Gasteiger partial charge is 0.365 e. The molecule has 0 amide bonds. The standard InChI is InChI=1S/C13H18N2O2/c1-11(9-10-15(2)3)14-17-13(16)12-7-5-4-6-8-12/h4-8H,9-10H2,1-3H3/b14-11-. The Balaban J connectivity index is 2.44. The predicted octanol–water partition coefficient (Wildman–Crippen LogP) is 2.17. The normalized spacial score (nSPS) is 11.6. The van der Waals surface area contributed by atoms with Crippen molar-refractivity contribution in [1.82, 2.24) is 4.90 Å². The van der Waals surface area contributed by atoms with Crippen LogP contribution in [0.15, 0.2) is 35.5 Å². The zero-order valence-corrected chi connectivity index (χ0v) is 10.5. The molecule has 1 rings (SSSR count). The molecule has 0 spiro atoms. The van der Waals surface area contributed by atoms with E-state index < -0.39 is 5.97 Å². The second-order valence-electron chi connectivity index (χ2n) is 4.12.